The molecule has 6 nitrogen and oxygen atoms in total. The Morgan fingerprint density at radius 3 is 3.07 bits per heavy atom. The monoisotopic (exact) mass is 385 g/mol. The Bertz CT molecular complexity index is 925. The molecular weight excluding hydrogens is 358 g/mol. The van der Waals surface area contributed by atoms with Crippen LogP contribution in [0.2, 0.25) is 0 Å². The number of ether oxygens (including phenoxy) is 1. The summed E-state index contributed by atoms with van der Waals surface area (Å²) in [7, 11) is 3.98. The summed E-state index contributed by atoms with van der Waals surface area (Å²) in [5.41, 5.74) is 2.20. The van der Waals surface area contributed by atoms with Gasteiger partial charge in [-0.25, -0.2) is 4.98 Å². The fourth-order valence-corrected chi connectivity index (χ4v) is 4.65. The normalized spacial score (nSPS) is 19.7. The van der Waals surface area contributed by atoms with E-state index in [9.17, 15) is 0 Å². The number of rotatable bonds is 5. The Balaban J connectivity index is 1.81. The van der Waals surface area contributed by atoms with Crippen molar-refractivity contribution in [3.05, 3.63) is 39.6 Å². The SMILES string of the molecule is CCc1nc2c(s1)NC=c1cccnc1=C2N1CCN(C)C(CCOC)C1. The molecule has 0 bridgehead atoms. The third kappa shape index (κ3) is 3.59. The van der Waals surface area contributed by atoms with E-state index in [2.05, 4.69) is 41.4 Å². The van der Waals surface area contributed by atoms with Gasteiger partial charge in [-0.1, -0.05) is 6.92 Å². The molecule has 2 aliphatic rings. The van der Waals surface area contributed by atoms with Crippen molar-refractivity contribution in [3.63, 3.8) is 0 Å². The quantitative estimate of drug-likeness (QED) is 0.831. The number of hydrogen-bond acceptors (Lipinski definition) is 7. The van der Waals surface area contributed by atoms with Crippen molar-refractivity contribution >= 4 is 28.2 Å². The average molecular weight is 386 g/mol. The van der Waals surface area contributed by atoms with Crippen LogP contribution in [-0.4, -0.2) is 66.2 Å². The Hall–Kier alpha value is -1.96. The second kappa shape index (κ2) is 7.96. The van der Waals surface area contributed by atoms with Gasteiger partial charge in [0.25, 0.3) is 0 Å². The van der Waals surface area contributed by atoms with E-state index < -0.39 is 0 Å². The fourth-order valence-electron chi connectivity index (χ4n) is 3.78. The summed E-state index contributed by atoms with van der Waals surface area (Å²) in [6, 6.07) is 4.57. The zero-order valence-corrected chi connectivity index (χ0v) is 17.1. The van der Waals surface area contributed by atoms with Gasteiger partial charge in [-0.3, -0.25) is 9.88 Å². The fraction of sp³-hybridized carbons (Fsp3) is 0.500. The zero-order valence-electron chi connectivity index (χ0n) is 16.2. The minimum atomic E-state index is 0.464. The van der Waals surface area contributed by atoms with Crippen LogP contribution in [0, 0.1) is 0 Å². The Morgan fingerprint density at radius 2 is 2.26 bits per heavy atom. The number of methoxy groups -OCH3 is 1. The van der Waals surface area contributed by atoms with Crippen LogP contribution >= 0.6 is 11.3 Å². The molecule has 2 aromatic rings. The standard InChI is InChI=1S/C20H27N5OS/c1-4-16-23-18-19(25-10-9-24(2)15(13-25)7-11-26-3)17-14(6-5-8-21-17)12-22-20(18)27-16/h5-6,8,12,15,22H,4,7,9-11,13H2,1-3H3. The molecule has 1 N–H and O–H groups in total. The van der Waals surface area contributed by atoms with E-state index in [1.807, 2.05) is 12.3 Å². The van der Waals surface area contributed by atoms with E-state index in [0.29, 0.717) is 6.04 Å². The van der Waals surface area contributed by atoms with Crippen molar-refractivity contribution in [2.24, 2.45) is 0 Å². The number of piperazine rings is 1. The third-order valence-electron chi connectivity index (χ3n) is 5.37. The van der Waals surface area contributed by atoms with Crippen LogP contribution in [0.5, 0.6) is 0 Å². The van der Waals surface area contributed by atoms with Crippen LogP contribution in [0.1, 0.15) is 24.0 Å². The predicted molar refractivity (Wildman–Crippen MR) is 110 cm³/mol. The lowest BCUT2D eigenvalue weighted by atomic mass is 10.1. The van der Waals surface area contributed by atoms with Gasteiger partial charge in [0.15, 0.2) is 0 Å². The van der Waals surface area contributed by atoms with Crippen LogP contribution in [0.4, 0.5) is 5.00 Å². The first kappa shape index (κ1) is 18.4. The lowest BCUT2D eigenvalue weighted by Crippen LogP contribution is -2.52. The summed E-state index contributed by atoms with van der Waals surface area (Å²) in [5, 5.41) is 7.88. The largest absolute Gasteiger partial charge is 0.385 e. The highest BCUT2D eigenvalue weighted by Crippen LogP contribution is 2.32. The van der Waals surface area contributed by atoms with E-state index in [1.54, 1.807) is 18.4 Å². The minimum Gasteiger partial charge on any atom is -0.385 e. The molecular formula is C20H27N5OS. The summed E-state index contributed by atoms with van der Waals surface area (Å²) in [4.78, 5) is 14.6. The highest BCUT2D eigenvalue weighted by atomic mass is 32.1. The molecule has 0 spiro atoms. The average Bonchev–Trinajstić information content (AvgIpc) is 3.04. The van der Waals surface area contributed by atoms with Crippen molar-refractivity contribution in [1.82, 2.24) is 19.8 Å². The first-order valence-electron chi connectivity index (χ1n) is 9.57. The number of fused-ring (bicyclic) bond motifs is 2. The van der Waals surface area contributed by atoms with Crippen molar-refractivity contribution < 1.29 is 4.74 Å². The Kier molecular flexibility index (Phi) is 5.43. The highest BCUT2D eigenvalue weighted by Gasteiger charge is 2.29. The first-order valence-corrected chi connectivity index (χ1v) is 10.4. The number of aryl methyl sites for hydroxylation is 1. The summed E-state index contributed by atoms with van der Waals surface area (Å²) < 4.78 is 5.33. The number of pyridine rings is 1. The van der Waals surface area contributed by atoms with Crippen LogP contribution < -0.4 is 15.9 Å². The molecule has 1 fully saturated rings. The van der Waals surface area contributed by atoms with Crippen molar-refractivity contribution in [2.75, 3.05) is 45.7 Å². The molecule has 1 atom stereocenters. The van der Waals surface area contributed by atoms with Gasteiger partial charge >= 0.3 is 0 Å². The van der Waals surface area contributed by atoms with Gasteiger partial charge in [-0.15, -0.1) is 11.3 Å². The summed E-state index contributed by atoms with van der Waals surface area (Å²) in [6.45, 7) is 5.90. The lowest BCUT2D eigenvalue weighted by Gasteiger charge is -2.41. The zero-order chi connectivity index (χ0) is 18.8. The molecule has 0 radical (unpaired) electrons. The number of likely N-dealkylation sites (N-methyl/N-ethyl adjacent to an activating group) is 1. The van der Waals surface area contributed by atoms with Gasteiger partial charge in [0.1, 0.15) is 10.7 Å². The molecule has 1 unspecified atom stereocenters. The second-order valence-corrected chi connectivity index (χ2v) is 8.16. The molecule has 2 aromatic heterocycles. The van der Waals surface area contributed by atoms with Gasteiger partial charge in [0, 0.05) is 57.0 Å². The summed E-state index contributed by atoms with van der Waals surface area (Å²) >= 11 is 1.74. The van der Waals surface area contributed by atoms with Gasteiger partial charge in [-0.2, -0.15) is 0 Å². The Labute approximate surface area is 164 Å². The van der Waals surface area contributed by atoms with Gasteiger partial charge < -0.3 is 15.0 Å². The van der Waals surface area contributed by atoms with Crippen molar-refractivity contribution in [3.8, 4) is 0 Å². The minimum absolute atomic E-state index is 0.464. The number of thiazole rings is 1. The molecule has 1 saturated heterocycles. The number of aromatic nitrogens is 2. The summed E-state index contributed by atoms with van der Waals surface area (Å²) in [6.07, 6.45) is 5.91. The predicted octanol–water partition coefficient (Wildman–Crippen LogP) is 1.07. The van der Waals surface area contributed by atoms with Crippen molar-refractivity contribution in [1.29, 1.82) is 0 Å². The van der Waals surface area contributed by atoms with E-state index in [1.165, 1.54) is 0 Å². The van der Waals surface area contributed by atoms with Crippen LogP contribution in [0.15, 0.2) is 18.3 Å². The van der Waals surface area contributed by atoms with E-state index in [-0.39, 0.29) is 0 Å². The van der Waals surface area contributed by atoms with Gasteiger partial charge in [0.05, 0.1) is 16.1 Å². The summed E-state index contributed by atoms with van der Waals surface area (Å²) in [5.74, 6) is 0. The number of nitrogens with zero attached hydrogens (tertiary/aromatic N) is 4. The first-order chi connectivity index (χ1) is 13.2. The number of hydrogen-bond donors (Lipinski definition) is 1. The molecule has 7 heteroatoms. The molecule has 0 saturated carbocycles. The van der Waals surface area contributed by atoms with Crippen molar-refractivity contribution in [2.45, 2.75) is 25.8 Å². The molecule has 0 aliphatic carbocycles. The molecule has 0 amide bonds. The van der Waals surface area contributed by atoms with Crippen LogP contribution in [0.25, 0.3) is 11.9 Å². The van der Waals surface area contributed by atoms with Gasteiger partial charge in [0.2, 0.25) is 0 Å². The molecule has 4 heterocycles. The maximum Gasteiger partial charge on any atom is 0.124 e. The third-order valence-corrected chi connectivity index (χ3v) is 6.50. The second-order valence-electron chi connectivity index (χ2n) is 7.08. The number of anilines is 1. The molecule has 144 valence electrons. The molecule has 2 aliphatic heterocycles. The lowest BCUT2D eigenvalue weighted by molar-refractivity contribution is 0.0959. The van der Waals surface area contributed by atoms with E-state index in [4.69, 9.17) is 14.7 Å². The smallest absolute Gasteiger partial charge is 0.124 e. The van der Waals surface area contributed by atoms with Gasteiger partial charge in [-0.05, 0) is 32.0 Å². The highest BCUT2D eigenvalue weighted by molar-refractivity contribution is 7.16. The Morgan fingerprint density at radius 1 is 1.37 bits per heavy atom. The van der Waals surface area contributed by atoms with Crippen LogP contribution in [-0.2, 0) is 11.2 Å². The maximum atomic E-state index is 5.33. The molecule has 27 heavy (non-hydrogen) atoms. The molecule has 0 aromatic carbocycles. The maximum absolute atomic E-state index is 5.33. The van der Waals surface area contributed by atoms with Crippen LogP contribution in [0.3, 0.4) is 0 Å². The number of nitrogens with one attached hydrogen (secondary N) is 1. The van der Waals surface area contributed by atoms with E-state index in [0.717, 1.165) is 71.1 Å². The molecule has 4 rings (SSSR count). The topological polar surface area (TPSA) is 53.5 Å². The van der Waals surface area contributed by atoms with E-state index >= 15 is 0 Å².